The van der Waals surface area contributed by atoms with Crippen LogP contribution in [0.3, 0.4) is 0 Å². The standard InChI is InChI=1S/C33H51N5O5/c1-9-21(5)27-30(39)34-17-15-23-11-13-24(14-12-23)43-26-16-18-38(29(26)32(41)36-27)33(42)25(19-20(3)4)35-31(40)28(37(7)8)22(6)10-2/h11-15,17,20-22,25-29H,9-10,16,18-19H2,1-8H3,(H,34,39)(H,35,40)(H,36,41)/b17-15+/t21-,22-,25-,26-,27-,28-,29-/m0/s1. The van der Waals surface area contributed by atoms with E-state index < -0.39 is 36.2 Å². The van der Waals surface area contributed by atoms with Gasteiger partial charge in [0.15, 0.2) is 0 Å². The molecule has 43 heavy (non-hydrogen) atoms. The fourth-order valence-corrected chi connectivity index (χ4v) is 5.90. The molecule has 3 aliphatic heterocycles. The molecule has 3 N–H and O–H groups in total. The molecule has 1 aromatic carbocycles. The largest absolute Gasteiger partial charge is 0.488 e. The van der Waals surface area contributed by atoms with Crippen molar-refractivity contribution in [3.8, 4) is 5.75 Å². The normalized spacial score (nSPS) is 24.2. The number of benzene rings is 1. The second kappa shape index (κ2) is 15.4. The summed E-state index contributed by atoms with van der Waals surface area (Å²) in [6.45, 7) is 12.2. The van der Waals surface area contributed by atoms with Crippen molar-refractivity contribution in [2.24, 2.45) is 17.8 Å². The molecule has 3 aliphatic rings. The highest BCUT2D eigenvalue weighted by Gasteiger charge is 2.47. The lowest BCUT2D eigenvalue weighted by Gasteiger charge is -2.34. The van der Waals surface area contributed by atoms with Gasteiger partial charge in [0.05, 0.1) is 6.04 Å². The fourth-order valence-electron chi connectivity index (χ4n) is 5.90. The minimum Gasteiger partial charge on any atom is -0.488 e. The molecule has 10 heteroatoms. The van der Waals surface area contributed by atoms with E-state index in [-0.39, 0.29) is 42.0 Å². The van der Waals surface area contributed by atoms with Gasteiger partial charge in [-0.05, 0) is 62.0 Å². The maximum absolute atomic E-state index is 14.3. The van der Waals surface area contributed by atoms with Gasteiger partial charge in [-0.15, -0.1) is 0 Å². The van der Waals surface area contributed by atoms with Gasteiger partial charge in [-0.1, -0.05) is 66.5 Å². The smallest absolute Gasteiger partial charge is 0.247 e. The number of nitrogens with zero attached hydrogens (tertiary/aromatic N) is 2. The Labute approximate surface area is 257 Å². The number of hydrogen-bond donors (Lipinski definition) is 3. The van der Waals surface area contributed by atoms with E-state index in [1.165, 1.54) is 4.90 Å². The van der Waals surface area contributed by atoms with E-state index in [4.69, 9.17) is 4.74 Å². The molecule has 10 nitrogen and oxygen atoms in total. The van der Waals surface area contributed by atoms with Crippen LogP contribution in [0.25, 0.3) is 6.08 Å². The van der Waals surface area contributed by atoms with E-state index in [1.807, 2.05) is 84.8 Å². The van der Waals surface area contributed by atoms with Gasteiger partial charge in [0, 0.05) is 19.2 Å². The van der Waals surface area contributed by atoms with Crippen molar-refractivity contribution in [3.05, 3.63) is 36.0 Å². The van der Waals surface area contributed by atoms with Gasteiger partial charge in [-0.25, -0.2) is 0 Å². The zero-order chi connectivity index (χ0) is 31.8. The Morgan fingerprint density at radius 2 is 1.72 bits per heavy atom. The summed E-state index contributed by atoms with van der Waals surface area (Å²) in [5, 5.41) is 8.78. The summed E-state index contributed by atoms with van der Waals surface area (Å²) in [5.41, 5.74) is 0.884. The van der Waals surface area contributed by atoms with Crippen LogP contribution in [-0.4, -0.2) is 84.3 Å². The molecule has 0 saturated carbocycles. The summed E-state index contributed by atoms with van der Waals surface area (Å²) in [4.78, 5) is 58.4. The molecular weight excluding hydrogens is 546 g/mol. The second-order valence-electron chi connectivity index (χ2n) is 12.7. The van der Waals surface area contributed by atoms with Crippen molar-refractivity contribution in [2.75, 3.05) is 20.6 Å². The Morgan fingerprint density at radius 3 is 2.30 bits per heavy atom. The van der Waals surface area contributed by atoms with Crippen LogP contribution in [0.4, 0.5) is 0 Å². The van der Waals surface area contributed by atoms with Crippen LogP contribution in [0.2, 0.25) is 0 Å². The molecule has 1 fully saturated rings. The predicted molar refractivity (Wildman–Crippen MR) is 168 cm³/mol. The van der Waals surface area contributed by atoms with E-state index in [9.17, 15) is 19.2 Å². The molecule has 0 aromatic heterocycles. The molecule has 1 saturated heterocycles. The molecule has 2 bridgehead atoms. The fraction of sp³-hybridized carbons (Fsp3) is 0.636. The van der Waals surface area contributed by atoms with Crippen LogP contribution in [0.1, 0.15) is 72.8 Å². The number of ether oxygens (including phenoxy) is 1. The van der Waals surface area contributed by atoms with Crippen molar-refractivity contribution in [1.29, 1.82) is 0 Å². The van der Waals surface area contributed by atoms with Gasteiger partial charge in [0.2, 0.25) is 23.6 Å². The highest BCUT2D eigenvalue weighted by molar-refractivity contribution is 5.96. The van der Waals surface area contributed by atoms with E-state index >= 15 is 0 Å². The second-order valence-corrected chi connectivity index (χ2v) is 12.7. The van der Waals surface area contributed by atoms with Gasteiger partial charge in [-0.3, -0.25) is 24.1 Å². The Kier molecular flexibility index (Phi) is 12.2. The number of amides is 4. The minimum absolute atomic E-state index is 0.0876. The first-order valence-corrected chi connectivity index (χ1v) is 15.7. The number of nitrogens with one attached hydrogen (secondary N) is 3. The zero-order valence-corrected chi connectivity index (χ0v) is 27.1. The number of likely N-dealkylation sites (N-methyl/N-ethyl adjacent to an activating group) is 1. The van der Waals surface area contributed by atoms with Crippen LogP contribution >= 0.6 is 0 Å². The van der Waals surface area contributed by atoms with E-state index in [1.54, 1.807) is 12.3 Å². The third-order valence-electron chi connectivity index (χ3n) is 8.69. The third kappa shape index (κ3) is 8.59. The first-order valence-electron chi connectivity index (χ1n) is 15.7. The van der Waals surface area contributed by atoms with Gasteiger partial charge in [0.1, 0.15) is 30.0 Å². The molecule has 1 aromatic rings. The molecule has 3 heterocycles. The first kappa shape index (κ1) is 34.1. The molecule has 4 rings (SSSR count). The van der Waals surface area contributed by atoms with Gasteiger partial charge < -0.3 is 25.6 Å². The molecule has 0 unspecified atom stereocenters. The number of likely N-dealkylation sites (tertiary alicyclic amines) is 1. The summed E-state index contributed by atoms with van der Waals surface area (Å²) in [7, 11) is 3.73. The van der Waals surface area contributed by atoms with Crippen LogP contribution in [0, 0.1) is 17.8 Å². The van der Waals surface area contributed by atoms with Crippen LogP contribution in [-0.2, 0) is 19.2 Å². The SMILES string of the molecule is CC[C@H](C)[C@@H]1NC(=O)[C@@H]2[C@H](CCN2C(=O)[C@H](CC(C)C)NC(=O)[C@H]([C@@H](C)CC)N(C)C)Oc2ccc(cc2)/C=C/NC1=O. The van der Waals surface area contributed by atoms with Gasteiger partial charge in [-0.2, -0.15) is 0 Å². The maximum atomic E-state index is 14.3. The monoisotopic (exact) mass is 597 g/mol. The molecular formula is C33H51N5O5. The van der Waals surface area contributed by atoms with Crippen molar-refractivity contribution in [3.63, 3.8) is 0 Å². The number of rotatable bonds is 10. The maximum Gasteiger partial charge on any atom is 0.247 e. The summed E-state index contributed by atoms with van der Waals surface area (Å²) < 4.78 is 6.32. The van der Waals surface area contributed by atoms with E-state index in [0.717, 1.165) is 12.0 Å². The lowest BCUT2D eigenvalue weighted by Crippen LogP contribution is -2.60. The molecule has 238 valence electrons. The van der Waals surface area contributed by atoms with E-state index in [0.29, 0.717) is 25.0 Å². The van der Waals surface area contributed by atoms with Crippen molar-refractivity contribution in [2.45, 2.75) is 97.5 Å². The van der Waals surface area contributed by atoms with Gasteiger partial charge >= 0.3 is 0 Å². The topological polar surface area (TPSA) is 120 Å². The first-order chi connectivity index (χ1) is 20.4. The Morgan fingerprint density at radius 1 is 1.05 bits per heavy atom. The quantitative estimate of drug-likeness (QED) is 0.381. The highest BCUT2D eigenvalue weighted by atomic mass is 16.5. The molecule has 0 radical (unpaired) electrons. The minimum atomic E-state index is -0.976. The Balaban J connectivity index is 1.98. The highest BCUT2D eigenvalue weighted by Crippen LogP contribution is 2.27. The zero-order valence-electron chi connectivity index (χ0n) is 27.1. The lowest BCUT2D eigenvalue weighted by molar-refractivity contribution is -0.144. The van der Waals surface area contributed by atoms with Crippen molar-refractivity contribution >= 4 is 29.7 Å². The summed E-state index contributed by atoms with van der Waals surface area (Å²) >= 11 is 0. The summed E-state index contributed by atoms with van der Waals surface area (Å²) in [6.07, 6.45) is 5.07. The number of carbonyl (C=O) groups is 4. The Bertz CT molecular complexity index is 1150. The summed E-state index contributed by atoms with van der Waals surface area (Å²) in [6, 6.07) is 4.38. The molecule has 0 spiro atoms. The number of carbonyl (C=O) groups excluding carboxylic acids is 4. The van der Waals surface area contributed by atoms with Gasteiger partial charge in [0.25, 0.3) is 0 Å². The van der Waals surface area contributed by atoms with Crippen LogP contribution < -0.4 is 20.7 Å². The molecule has 4 amide bonds. The van der Waals surface area contributed by atoms with Crippen molar-refractivity contribution < 1.29 is 23.9 Å². The van der Waals surface area contributed by atoms with Crippen molar-refractivity contribution in [1.82, 2.24) is 25.8 Å². The summed E-state index contributed by atoms with van der Waals surface area (Å²) in [5.74, 6) is -0.660. The van der Waals surface area contributed by atoms with Crippen LogP contribution in [0.15, 0.2) is 30.5 Å². The number of fused-ring (bicyclic) bond motifs is 7. The average Bonchev–Trinajstić information content (AvgIpc) is 3.38. The molecule has 7 atom stereocenters. The third-order valence-corrected chi connectivity index (χ3v) is 8.69. The van der Waals surface area contributed by atoms with Crippen LogP contribution in [0.5, 0.6) is 5.75 Å². The number of hydrogen-bond acceptors (Lipinski definition) is 6. The van der Waals surface area contributed by atoms with E-state index in [2.05, 4.69) is 16.0 Å². The lowest BCUT2D eigenvalue weighted by atomic mass is 9.95. The molecule has 0 aliphatic carbocycles. The Hall–Kier alpha value is -3.40. The average molecular weight is 598 g/mol. The predicted octanol–water partition coefficient (Wildman–Crippen LogP) is 3.17.